The average molecular weight is 307 g/mol. The lowest BCUT2D eigenvalue weighted by molar-refractivity contribution is 0.485. The van der Waals surface area contributed by atoms with Crippen LogP contribution in [0.2, 0.25) is 0 Å². The summed E-state index contributed by atoms with van der Waals surface area (Å²) in [7, 11) is 0. The highest BCUT2D eigenvalue weighted by molar-refractivity contribution is 9.09. The zero-order chi connectivity index (χ0) is 12.8. The number of para-hydroxylation sites is 1. The van der Waals surface area contributed by atoms with E-state index in [4.69, 9.17) is 0 Å². The van der Waals surface area contributed by atoms with E-state index in [1.165, 1.54) is 5.39 Å². The molecule has 0 aliphatic heterocycles. The average Bonchev–Trinajstić information content (AvgIpc) is 2.43. The lowest BCUT2D eigenvalue weighted by atomic mass is 10.1. The summed E-state index contributed by atoms with van der Waals surface area (Å²) < 4.78 is 0. The van der Waals surface area contributed by atoms with Crippen molar-refractivity contribution in [1.82, 2.24) is 10.3 Å². The Morgan fingerprint density at radius 3 is 2.83 bits per heavy atom. The molecule has 1 N–H and O–H groups in total. The lowest BCUT2D eigenvalue weighted by Gasteiger charge is -2.15. The molecule has 0 aliphatic rings. The second-order valence-electron chi connectivity index (χ2n) is 4.46. The van der Waals surface area contributed by atoms with E-state index in [0.717, 1.165) is 35.9 Å². The predicted octanol–water partition coefficient (Wildman–Crippen LogP) is 3.89. The summed E-state index contributed by atoms with van der Waals surface area (Å²) in [5.41, 5.74) is 2.19. The van der Waals surface area contributed by atoms with E-state index >= 15 is 0 Å². The van der Waals surface area contributed by atoms with Gasteiger partial charge in [0, 0.05) is 23.3 Å². The molecule has 0 spiro atoms. The van der Waals surface area contributed by atoms with Crippen LogP contribution in [0.4, 0.5) is 0 Å². The van der Waals surface area contributed by atoms with Crippen LogP contribution in [0.15, 0.2) is 36.4 Å². The molecule has 2 aromatic rings. The molecule has 1 heterocycles. The Kier molecular flexibility index (Phi) is 5.14. The molecule has 0 aliphatic carbocycles. The Hall–Kier alpha value is -0.930. The van der Waals surface area contributed by atoms with Gasteiger partial charge in [-0.3, -0.25) is 4.98 Å². The highest BCUT2D eigenvalue weighted by Crippen LogP contribution is 2.12. The van der Waals surface area contributed by atoms with E-state index < -0.39 is 0 Å². The van der Waals surface area contributed by atoms with Gasteiger partial charge in [-0.25, -0.2) is 0 Å². The van der Waals surface area contributed by atoms with E-state index in [2.05, 4.69) is 57.4 Å². The first-order chi connectivity index (χ1) is 8.83. The van der Waals surface area contributed by atoms with Crippen LogP contribution < -0.4 is 5.32 Å². The van der Waals surface area contributed by atoms with Gasteiger partial charge >= 0.3 is 0 Å². The second kappa shape index (κ2) is 6.86. The van der Waals surface area contributed by atoms with Crippen LogP contribution in [0.3, 0.4) is 0 Å². The molecule has 96 valence electrons. The normalized spacial score (nSPS) is 12.8. The summed E-state index contributed by atoms with van der Waals surface area (Å²) in [6.07, 6.45) is 2.31. The molecule has 1 aromatic carbocycles. The SMILES string of the molecule is CCC(CCBr)NCc1ccc2ccccc2n1. The number of rotatable bonds is 6. The van der Waals surface area contributed by atoms with E-state index in [-0.39, 0.29) is 0 Å². The third-order valence-corrected chi connectivity index (χ3v) is 3.64. The summed E-state index contributed by atoms with van der Waals surface area (Å²) in [5, 5.41) is 5.81. The van der Waals surface area contributed by atoms with Crippen molar-refractivity contribution in [3.63, 3.8) is 0 Å². The topological polar surface area (TPSA) is 24.9 Å². The Bertz CT molecular complexity index is 499. The van der Waals surface area contributed by atoms with Gasteiger partial charge in [0.05, 0.1) is 11.2 Å². The van der Waals surface area contributed by atoms with Crippen molar-refractivity contribution in [3.8, 4) is 0 Å². The van der Waals surface area contributed by atoms with Crippen molar-refractivity contribution < 1.29 is 0 Å². The molecular weight excluding hydrogens is 288 g/mol. The number of pyridine rings is 1. The number of benzene rings is 1. The Morgan fingerprint density at radius 2 is 2.06 bits per heavy atom. The number of halogens is 1. The monoisotopic (exact) mass is 306 g/mol. The van der Waals surface area contributed by atoms with Crippen LogP contribution >= 0.6 is 15.9 Å². The van der Waals surface area contributed by atoms with Crippen LogP contribution in [0.25, 0.3) is 10.9 Å². The Morgan fingerprint density at radius 1 is 1.22 bits per heavy atom. The van der Waals surface area contributed by atoms with Crippen molar-refractivity contribution in [1.29, 1.82) is 0 Å². The summed E-state index contributed by atoms with van der Waals surface area (Å²) in [6.45, 7) is 3.06. The van der Waals surface area contributed by atoms with Crippen LogP contribution in [0.5, 0.6) is 0 Å². The summed E-state index contributed by atoms with van der Waals surface area (Å²) >= 11 is 3.49. The van der Waals surface area contributed by atoms with Gasteiger partial charge in [0.2, 0.25) is 0 Å². The molecule has 1 aromatic heterocycles. The number of fused-ring (bicyclic) bond motifs is 1. The molecule has 0 saturated heterocycles. The zero-order valence-electron chi connectivity index (χ0n) is 10.7. The van der Waals surface area contributed by atoms with Gasteiger partial charge in [-0.05, 0) is 25.0 Å². The fourth-order valence-corrected chi connectivity index (χ4v) is 2.59. The number of hydrogen-bond donors (Lipinski definition) is 1. The highest BCUT2D eigenvalue weighted by atomic mass is 79.9. The van der Waals surface area contributed by atoms with Gasteiger partial charge in [-0.1, -0.05) is 47.1 Å². The van der Waals surface area contributed by atoms with Crippen molar-refractivity contribution in [2.24, 2.45) is 0 Å². The Balaban J connectivity index is 2.03. The minimum Gasteiger partial charge on any atom is -0.308 e. The van der Waals surface area contributed by atoms with Gasteiger partial charge in [0.25, 0.3) is 0 Å². The molecule has 0 fully saturated rings. The minimum atomic E-state index is 0.567. The minimum absolute atomic E-state index is 0.567. The third kappa shape index (κ3) is 3.53. The standard InChI is InChI=1S/C15H19BrN2/c1-2-13(9-10-16)17-11-14-8-7-12-5-3-4-6-15(12)18-14/h3-8,13,17H,2,9-11H2,1H3. The number of aromatic nitrogens is 1. The second-order valence-corrected chi connectivity index (χ2v) is 5.25. The maximum atomic E-state index is 4.67. The van der Waals surface area contributed by atoms with Crippen molar-refractivity contribution in [2.75, 3.05) is 5.33 Å². The maximum Gasteiger partial charge on any atom is 0.0705 e. The largest absolute Gasteiger partial charge is 0.308 e. The number of nitrogens with one attached hydrogen (secondary N) is 1. The maximum absolute atomic E-state index is 4.67. The number of nitrogens with zero attached hydrogens (tertiary/aromatic N) is 1. The summed E-state index contributed by atoms with van der Waals surface area (Å²) in [5.74, 6) is 0. The molecule has 18 heavy (non-hydrogen) atoms. The molecule has 0 radical (unpaired) electrons. The molecule has 2 nitrogen and oxygen atoms in total. The van der Waals surface area contributed by atoms with Crippen LogP contribution in [-0.4, -0.2) is 16.4 Å². The summed E-state index contributed by atoms with van der Waals surface area (Å²) in [6, 6.07) is 13.1. The lowest BCUT2D eigenvalue weighted by Crippen LogP contribution is -2.28. The van der Waals surface area contributed by atoms with Gasteiger partial charge < -0.3 is 5.32 Å². The van der Waals surface area contributed by atoms with E-state index in [1.54, 1.807) is 0 Å². The first kappa shape index (κ1) is 13.5. The van der Waals surface area contributed by atoms with Crippen LogP contribution in [-0.2, 0) is 6.54 Å². The van der Waals surface area contributed by atoms with E-state index in [0.29, 0.717) is 6.04 Å². The molecule has 0 amide bonds. The van der Waals surface area contributed by atoms with Gasteiger partial charge in [-0.2, -0.15) is 0 Å². The van der Waals surface area contributed by atoms with Gasteiger partial charge in [0.1, 0.15) is 0 Å². The molecule has 3 heteroatoms. The fraction of sp³-hybridized carbons (Fsp3) is 0.400. The highest BCUT2D eigenvalue weighted by Gasteiger charge is 2.05. The van der Waals surface area contributed by atoms with E-state index in [1.807, 2.05) is 12.1 Å². The van der Waals surface area contributed by atoms with Gasteiger partial charge in [-0.15, -0.1) is 0 Å². The predicted molar refractivity (Wildman–Crippen MR) is 81.1 cm³/mol. The van der Waals surface area contributed by atoms with E-state index in [9.17, 15) is 0 Å². The fourth-order valence-electron chi connectivity index (χ4n) is 2.04. The van der Waals surface area contributed by atoms with Crippen molar-refractivity contribution in [3.05, 3.63) is 42.1 Å². The number of hydrogen-bond acceptors (Lipinski definition) is 2. The smallest absolute Gasteiger partial charge is 0.0705 e. The molecule has 0 saturated carbocycles. The van der Waals surface area contributed by atoms with Crippen molar-refractivity contribution in [2.45, 2.75) is 32.4 Å². The molecule has 1 atom stereocenters. The quantitative estimate of drug-likeness (QED) is 0.819. The zero-order valence-corrected chi connectivity index (χ0v) is 12.3. The molecular formula is C15H19BrN2. The molecule has 2 rings (SSSR count). The summed E-state index contributed by atoms with van der Waals surface area (Å²) in [4.78, 5) is 4.67. The third-order valence-electron chi connectivity index (χ3n) is 3.18. The molecule has 1 unspecified atom stereocenters. The van der Waals surface area contributed by atoms with Crippen LogP contribution in [0, 0.1) is 0 Å². The first-order valence-corrected chi connectivity index (χ1v) is 7.59. The van der Waals surface area contributed by atoms with Crippen molar-refractivity contribution >= 4 is 26.8 Å². The Labute approximate surface area is 117 Å². The van der Waals surface area contributed by atoms with Crippen LogP contribution in [0.1, 0.15) is 25.5 Å². The van der Waals surface area contributed by atoms with Gasteiger partial charge in [0.15, 0.2) is 0 Å². The first-order valence-electron chi connectivity index (χ1n) is 6.47. The molecule has 0 bridgehead atoms. The number of alkyl halides is 1.